The van der Waals surface area contributed by atoms with Crippen LogP contribution in [0, 0.1) is 11.7 Å². The molecule has 0 aromatic heterocycles. The van der Waals surface area contributed by atoms with Crippen molar-refractivity contribution in [2.45, 2.75) is 6.42 Å². The van der Waals surface area contributed by atoms with Gasteiger partial charge in [-0.05, 0) is 30.7 Å². The number of anilines is 1. The van der Waals surface area contributed by atoms with E-state index in [1.165, 1.54) is 18.2 Å². The number of amides is 1. The lowest BCUT2D eigenvalue weighted by atomic mass is 10.1. The quantitative estimate of drug-likeness (QED) is 0.811. The molecule has 106 valence electrons. The van der Waals surface area contributed by atoms with Gasteiger partial charge < -0.3 is 15.7 Å². The zero-order valence-corrected chi connectivity index (χ0v) is 10.8. The van der Waals surface area contributed by atoms with E-state index in [0.717, 1.165) is 6.08 Å². The molecule has 1 fully saturated rings. The number of carbonyl (C=O) groups is 2. The molecule has 1 amide bonds. The van der Waals surface area contributed by atoms with Crippen molar-refractivity contribution in [1.82, 2.24) is 0 Å². The average molecular weight is 278 g/mol. The topological polar surface area (TPSA) is 83.6 Å². The lowest BCUT2D eigenvalue weighted by Gasteiger charge is -2.20. The first-order valence-corrected chi connectivity index (χ1v) is 6.22. The van der Waals surface area contributed by atoms with Gasteiger partial charge in [-0.3, -0.25) is 4.79 Å². The summed E-state index contributed by atoms with van der Waals surface area (Å²) in [6.07, 6.45) is 2.95. The highest BCUT2D eigenvalue weighted by Gasteiger charge is 2.27. The Kier molecular flexibility index (Phi) is 4.02. The Morgan fingerprint density at radius 2 is 2.20 bits per heavy atom. The molecule has 1 saturated heterocycles. The van der Waals surface area contributed by atoms with Crippen LogP contribution in [0.3, 0.4) is 0 Å². The molecule has 0 bridgehead atoms. The molecule has 2 rings (SSSR count). The Balaban J connectivity index is 2.27. The third kappa shape index (κ3) is 3.14. The molecule has 1 atom stereocenters. The molecular formula is C14H15FN2O3. The van der Waals surface area contributed by atoms with E-state index in [2.05, 4.69) is 0 Å². The van der Waals surface area contributed by atoms with Gasteiger partial charge in [-0.1, -0.05) is 0 Å². The van der Waals surface area contributed by atoms with Crippen molar-refractivity contribution < 1.29 is 19.1 Å². The number of carboxylic acids is 1. The predicted octanol–water partition coefficient (Wildman–Crippen LogP) is 1.24. The van der Waals surface area contributed by atoms with E-state index < -0.39 is 11.8 Å². The van der Waals surface area contributed by atoms with E-state index in [1.54, 1.807) is 6.07 Å². The summed E-state index contributed by atoms with van der Waals surface area (Å²) in [5.74, 6) is -2.12. The molecule has 3 N–H and O–H groups in total. The van der Waals surface area contributed by atoms with Crippen molar-refractivity contribution in [3.63, 3.8) is 0 Å². The van der Waals surface area contributed by atoms with Gasteiger partial charge in [0.05, 0.1) is 5.92 Å². The fraction of sp³-hybridized carbons (Fsp3) is 0.286. The highest BCUT2D eigenvalue weighted by atomic mass is 19.1. The van der Waals surface area contributed by atoms with Gasteiger partial charge in [0.1, 0.15) is 5.82 Å². The maximum atomic E-state index is 13.3. The third-order valence-electron chi connectivity index (χ3n) is 3.33. The number of aliphatic carboxylic acids is 1. The molecule has 1 aromatic carbocycles. The van der Waals surface area contributed by atoms with Gasteiger partial charge in [0, 0.05) is 30.4 Å². The minimum Gasteiger partial charge on any atom is -0.478 e. The number of halogens is 1. The molecule has 1 aliphatic rings. The third-order valence-corrected chi connectivity index (χ3v) is 3.33. The zero-order valence-electron chi connectivity index (χ0n) is 10.8. The van der Waals surface area contributed by atoms with E-state index in [9.17, 15) is 14.0 Å². The second-order valence-corrected chi connectivity index (χ2v) is 4.71. The van der Waals surface area contributed by atoms with Crippen molar-refractivity contribution in [3.8, 4) is 0 Å². The van der Waals surface area contributed by atoms with E-state index in [-0.39, 0.29) is 11.8 Å². The van der Waals surface area contributed by atoms with Gasteiger partial charge in [0.2, 0.25) is 5.91 Å². The lowest BCUT2D eigenvalue weighted by Crippen LogP contribution is -2.27. The summed E-state index contributed by atoms with van der Waals surface area (Å²) >= 11 is 0. The number of nitrogens with zero attached hydrogens (tertiary/aromatic N) is 1. The van der Waals surface area contributed by atoms with E-state index >= 15 is 0 Å². The Hall–Kier alpha value is -2.37. The molecule has 0 radical (unpaired) electrons. The van der Waals surface area contributed by atoms with Crippen LogP contribution >= 0.6 is 0 Å². The van der Waals surface area contributed by atoms with Crippen molar-refractivity contribution in [2.75, 3.05) is 18.0 Å². The van der Waals surface area contributed by atoms with Crippen molar-refractivity contribution in [3.05, 3.63) is 35.7 Å². The largest absolute Gasteiger partial charge is 0.478 e. The number of benzene rings is 1. The zero-order chi connectivity index (χ0) is 14.7. The van der Waals surface area contributed by atoms with Crippen molar-refractivity contribution in [1.29, 1.82) is 0 Å². The SMILES string of the molecule is NC(=O)C1CCN(c2ccc(F)cc2/C=C/C(=O)O)C1. The number of carbonyl (C=O) groups excluding carboxylic acids is 1. The maximum absolute atomic E-state index is 13.3. The van der Waals surface area contributed by atoms with Gasteiger partial charge in [-0.25, -0.2) is 9.18 Å². The molecule has 0 aliphatic carbocycles. The molecule has 1 heterocycles. The molecule has 20 heavy (non-hydrogen) atoms. The highest BCUT2D eigenvalue weighted by Crippen LogP contribution is 2.28. The average Bonchev–Trinajstić information content (AvgIpc) is 2.86. The Morgan fingerprint density at radius 1 is 1.45 bits per heavy atom. The van der Waals surface area contributed by atoms with Crippen LogP contribution in [0.2, 0.25) is 0 Å². The van der Waals surface area contributed by atoms with Gasteiger partial charge in [0.25, 0.3) is 0 Å². The van der Waals surface area contributed by atoms with Crippen molar-refractivity contribution in [2.24, 2.45) is 11.7 Å². The van der Waals surface area contributed by atoms with Crippen LogP contribution in [0.15, 0.2) is 24.3 Å². The number of primary amides is 1. The summed E-state index contributed by atoms with van der Waals surface area (Å²) < 4.78 is 13.3. The molecule has 1 unspecified atom stereocenters. The second kappa shape index (κ2) is 5.73. The first-order chi connectivity index (χ1) is 9.47. The minimum atomic E-state index is -1.10. The minimum absolute atomic E-state index is 0.226. The van der Waals surface area contributed by atoms with Crippen LogP contribution in [0.1, 0.15) is 12.0 Å². The second-order valence-electron chi connectivity index (χ2n) is 4.71. The van der Waals surface area contributed by atoms with Gasteiger partial charge in [0.15, 0.2) is 0 Å². The van der Waals surface area contributed by atoms with Crippen LogP contribution < -0.4 is 10.6 Å². The number of nitrogens with two attached hydrogens (primary N) is 1. The monoisotopic (exact) mass is 278 g/mol. The first-order valence-electron chi connectivity index (χ1n) is 6.22. The lowest BCUT2D eigenvalue weighted by molar-refractivity contribution is -0.131. The Bertz CT molecular complexity index is 572. The fourth-order valence-electron chi connectivity index (χ4n) is 2.32. The molecule has 0 spiro atoms. The first kappa shape index (κ1) is 14.0. The van der Waals surface area contributed by atoms with Gasteiger partial charge >= 0.3 is 5.97 Å². The molecule has 5 nitrogen and oxygen atoms in total. The summed E-state index contributed by atoms with van der Waals surface area (Å²) in [6.45, 7) is 1.10. The smallest absolute Gasteiger partial charge is 0.328 e. The molecule has 6 heteroatoms. The van der Waals surface area contributed by atoms with Crippen LogP contribution in [0.25, 0.3) is 6.08 Å². The predicted molar refractivity (Wildman–Crippen MR) is 72.6 cm³/mol. The summed E-state index contributed by atoms with van der Waals surface area (Å²) in [6, 6.07) is 4.16. The summed E-state index contributed by atoms with van der Waals surface area (Å²) in [5.41, 5.74) is 6.45. The number of hydrogen-bond donors (Lipinski definition) is 2. The summed E-state index contributed by atoms with van der Waals surface area (Å²) in [4.78, 5) is 23.7. The summed E-state index contributed by atoms with van der Waals surface area (Å²) in [5, 5.41) is 8.66. The Labute approximate surface area is 115 Å². The van der Waals surface area contributed by atoms with E-state index in [4.69, 9.17) is 10.8 Å². The molecular weight excluding hydrogens is 263 g/mol. The van der Waals surface area contributed by atoms with Crippen LogP contribution in [-0.2, 0) is 9.59 Å². The number of rotatable bonds is 4. The van der Waals surface area contributed by atoms with Crippen molar-refractivity contribution >= 4 is 23.6 Å². The molecule has 1 aliphatic heterocycles. The van der Waals surface area contributed by atoms with E-state index in [1.807, 2.05) is 4.90 Å². The number of carboxylic acid groups (broad SMARTS) is 1. The molecule has 1 aromatic rings. The fourth-order valence-corrected chi connectivity index (χ4v) is 2.32. The van der Waals surface area contributed by atoms with Crippen LogP contribution in [-0.4, -0.2) is 30.1 Å². The number of hydrogen-bond acceptors (Lipinski definition) is 3. The summed E-state index contributed by atoms with van der Waals surface area (Å²) in [7, 11) is 0. The van der Waals surface area contributed by atoms with Crippen LogP contribution in [0.4, 0.5) is 10.1 Å². The Morgan fingerprint density at radius 3 is 2.80 bits per heavy atom. The van der Waals surface area contributed by atoms with E-state index in [0.29, 0.717) is 30.8 Å². The van der Waals surface area contributed by atoms with Crippen LogP contribution in [0.5, 0.6) is 0 Å². The normalized spacial score (nSPS) is 18.6. The standard InChI is InChI=1S/C14H15FN2O3/c15-11-2-3-12(9(7-11)1-4-13(18)19)17-6-5-10(8-17)14(16)20/h1-4,7,10H,5-6,8H2,(H2,16,20)(H,18,19)/b4-1+. The van der Waals surface area contributed by atoms with Gasteiger partial charge in [-0.15, -0.1) is 0 Å². The maximum Gasteiger partial charge on any atom is 0.328 e. The highest BCUT2D eigenvalue weighted by molar-refractivity contribution is 5.87. The van der Waals surface area contributed by atoms with Gasteiger partial charge in [-0.2, -0.15) is 0 Å². The molecule has 0 saturated carbocycles.